The van der Waals surface area contributed by atoms with Crippen molar-refractivity contribution >= 4 is 11.6 Å². The van der Waals surface area contributed by atoms with E-state index in [1.54, 1.807) is 6.07 Å². The van der Waals surface area contributed by atoms with Gasteiger partial charge in [-0.25, -0.2) is 4.39 Å². The Morgan fingerprint density at radius 1 is 1.20 bits per heavy atom. The van der Waals surface area contributed by atoms with Crippen LogP contribution in [0.25, 0.3) is 0 Å². The number of nitrogens with two attached hydrogens (primary N) is 1. The zero-order valence-electron chi connectivity index (χ0n) is 11.6. The highest BCUT2D eigenvalue weighted by molar-refractivity contribution is 6.31. The van der Waals surface area contributed by atoms with Crippen molar-refractivity contribution in [3.05, 3.63) is 70.0 Å². The topological polar surface area (TPSA) is 26.0 Å². The van der Waals surface area contributed by atoms with Crippen LogP contribution in [0.15, 0.2) is 42.5 Å². The Bertz CT molecular complexity index is 583. The van der Waals surface area contributed by atoms with E-state index in [9.17, 15) is 4.39 Å². The fraction of sp³-hybridized carbons (Fsp3) is 0.294. The lowest BCUT2D eigenvalue weighted by molar-refractivity contribution is 0.625. The van der Waals surface area contributed by atoms with Crippen molar-refractivity contribution in [3.8, 4) is 0 Å². The summed E-state index contributed by atoms with van der Waals surface area (Å²) in [4.78, 5) is 0. The summed E-state index contributed by atoms with van der Waals surface area (Å²) in [5.74, 6) is -0.322. The minimum absolute atomic E-state index is 0.130. The molecule has 3 heteroatoms. The van der Waals surface area contributed by atoms with E-state index in [0.29, 0.717) is 11.4 Å². The average Bonchev–Trinajstić information content (AvgIpc) is 2.42. The second-order valence-electron chi connectivity index (χ2n) is 5.04. The second kappa shape index (κ2) is 6.87. The molecular weight excluding hydrogens is 273 g/mol. The van der Waals surface area contributed by atoms with Gasteiger partial charge < -0.3 is 5.73 Å². The Balaban J connectivity index is 2.15. The van der Waals surface area contributed by atoms with E-state index in [0.717, 1.165) is 24.0 Å². The van der Waals surface area contributed by atoms with Crippen LogP contribution in [0.5, 0.6) is 0 Å². The second-order valence-corrected chi connectivity index (χ2v) is 5.45. The Labute approximate surface area is 124 Å². The van der Waals surface area contributed by atoms with Crippen molar-refractivity contribution in [2.75, 3.05) is 0 Å². The van der Waals surface area contributed by atoms with Gasteiger partial charge in [0.15, 0.2) is 0 Å². The van der Waals surface area contributed by atoms with Gasteiger partial charge in [-0.2, -0.15) is 0 Å². The molecule has 0 bridgehead atoms. The van der Waals surface area contributed by atoms with Crippen molar-refractivity contribution in [2.24, 2.45) is 5.73 Å². The molecule has 0 aromatic heterocycles. The molecule has 106 valence electrons. The molecule has 2 rings (SSSR count). The molecule has 0 saturated carbocycles. The average molecular weight is 292 g/mol. The lowest BCUT2D eigenvalue weighted by Crippen LogP contribution is -2.14. The van der Waals surface area contributed by atoms with Crippen LogP contribution in [0.1, 0.15) is 36.1 Å². The first kappa shape index (κ1) is 15.0. The third-order valence-electron chi connectivity index (χ3n) is 3.37. The van der Waals surface area contributed by atoms with Gasteiger partial charge in [-0.05, 0) is 41.7 Å². The maximum atomic E-state index is 13.0. The zero-order chi connectivity index (χ0) is 14.5. The molecule has 0 radical (unpaired) electrons. The molecule has 2 aromatic rings. The number of rotatable bonds is 5. The highest BCUT2D eigenvalue weighted by Gasteiger charge is 2.10. The molecule has 1 unspecified atom stereocenters. The van der Waals surface area contributed by atoms with Gasteiger partial charge in [0, 0.05) is 11.1 Å². The normalized spacial score (nSPS) is 12.4. The summed E-state index contributed by atoms with van der Waals surface area (Å²) in [7, 11) is 0. The lowest BCUT2D eigenvalue weighted by atomic mass is 9.97. The highest BCUT2D eigenvalue weighted by Crippen LogP contribution is 2.23. The van der Waals surface area contributed by atoms with Crippen molar-refractivity contribution in [1.82, 2.24) is 0 Å². The number of halogens is 2. The minimum atomic E-state index is -0.322. The number of benzene rings is 2. The van der Waals surface area contributed by atoms with E-state index >= 15 is 0 Å². The van der Waals surface area contributed by atoms with Crippen LogP contribution >= 0.6 is 11.6 Å². The molecular formula is C17H19ClFN. The number of aryl methyl sites for hydroxylation is 1. The smallest absolute Gasteiger partial charge is 0.124 e. The summed E-state index contributed by atoms with van der Waals surface area (Å²) in [5, 5.41) is 0.435. The van der Waals surface area contributed by atoms with Crippen LogP contribution in [0, 0.1) is 5.82 Å². The Morgan fingerprint density at radius 3 is 2.70 bits per heavy atom. The summed E-state index contributed by atoms with van der Waals surface area (Å²) in [6.07, 6.45) is 2.77. The van der Waals surface area contributed by atoms with E-state index in [-0.39, 0.29) is 11.9 Å². The SMILES string of the molecule is CCCc1cccc(C(N)Cc2ccc(F)cc2Cl)c1. The Kier molecular flexibility index (Phi) is 5.16. The summed E-state index contributed by atoms with van der Waals surface area (Å²) >= 11 is 6.05. The molecule has 2 aromatic carbocycles. The highest BCUT2D eigenvalue weighted by atomic mass is 35.5. The maximum Gasteiger partial charge on any atom is 0.124 e. The van der Waals surface area contributed by atoms with Crippen LogP contribution in [-0.2, 0) is 12.8 Å². The van der Waals surface area contributed by atoms with Crippen molar-refractivity contribution < 1.29 is 4.39 Å². The van der Waals surface area contributed by atoms with Crippen LogP contribution in [0.2, 0.25) is 5.02 Å². The molecule has 0 aliphatic rings. The molecule has 0 aliphatic heterocycles. The van der Waals surface area contributed by atoms with E-state index in [2.05, 4.69) is 19.1 Å². The number of hydrogen-bond acceptors (Lipinski definition) is 1. The van der Waals surface area contributed by atoms with E-state index in [4.69, 9.17) is 17.3 Å². The van der Waals surface area contributed by atoms with Crippen LogP contribution in [-0.4, -0.2) is 0 Å². The summed E-state index contributed by atoms with van der Waals surface area (Å²) < 4.78 is 13.0. The molecule has 1 nitrogen and oxygen atoms in total. The fourth-order valence-electron chi connectivity index (χ4n) is 2.31. The van der Waals surface area contributed by atoms with Gasteiger partial charge in [0.1, 0.15) is 5.82 Å². The van der Waals surface area contributed by atoms with Crippen molar-refractivity contribution in [3.63, 3.8) is 0 Å². The van der Waals surface area contributed by atoms with Crippen LogP contribution in [0.3, 0.4) is 0 Å². The quantitative estimate of drug-likeness (QED) is 0.851. The summed E-state index contributed by atoms with van der Waals surface area (Å²) in [5.41, 5.74) is 9.51. The molecule has 0 heterocycles. The monoisotopic (exact) mass is 291 g/mol. The summed E-state index contributed by atoms with van der Waals surface area (Å²) in [6.45, 7) is 2.16. The molecule has 0 aliphatic carbocycles. The van der Waals surface area contributed by atoms with Gasteiger partial charge in [-0.3, -0.25) is 0 Å². The van der Waals surface area contributed by atoms with Crippen LogP contribution < -0.4 is 5.73 Å². The molecule has 0 spiro atoms. The zero-order valence-corrected chi connectivity index (χ0v) is 12.3. The molecule has 0 saturated heterocycles. The third kappa shape index (κ3) is 3.81. The Hall–Kier alpha value is -1.38. The van der Waals surface area contributed by atoms with Gasteiger partial charge in [-0.15, -0.1) is 0 Å². The van der Waals surface area contributed by atoms with Gasteiger partial charge >= 0.3 is 0 Å². The fourth-order valence-corrected chi connectivity index (χ4v) is 2.55. The van der Waals surface area contributed by atoms with Crippen molar-refractivity contribution in [1.29, 1.82) is 0 Å². The maximum absolute atomic E-state index is 13.0. The largest absolute Gasteiger partial charge is 0.324 e. The third-order valence-corrected chi connectivity index (χ3v) is 3.72. The van der Waals surface area contributed by atoms with Crippen LogP contribution in [0.4, 0.5) is 4.39 Å². The van der Waals surface area contributed by atoms with E-state index in [1.807, 2.05) is 12.1 Å². The Morgan fingerprint density at radius 2 is 2.00 bits per heavy atom. The van der Waals surface area contributed by atoms with E-state index in [1.165, 1.54) is 17.7 Å². The van der Waals surface area contributed by atoms with Gasteiger partial charge in [0.25, 0.3) is 0 Å². The first-order valence-corrected chi connectivity index (χ1v) is 7.26. The predicted octanol–water partition coefficient (Wildman–Crippen LogP) is 4.67. The van der Waals surface area contributed by atoms with Gasteiger partial charge in [0.05, 0.1) is 0 Å². The predicted molar refractivity (Wildman–Crippen MR) is 82.5 cm³/mol. The molecule has 1 atom stereocenters. The van der Waals surface area contributed by atoms with Gasteiger partial charge in [-0.1, -0.05) is 55.3 Å². The first-order chi connectivity index (χ1) is 9.60. The molecule has 0 amide bonds. The first-order valence-electron chi connectivity index (χ1n) is 6.88. The molecule has 20 heavy (non-hydrogen) atoms. The molecule has 2 N–H and O–H groups in total. The molecule has 0 fully saturated rings. The summed E-state index contributed by atoms with van der Waals surface area (Å²) in [6, 6.07) is 12.6. The lowest BCUT2D eigenvalue weighted by Gasteiger charge is -2.14. The minimum Gasteiger partial charge on any atom is -0.324 e. The number of hydrogen-bond donors (Lipinski definition) is 1. The van der Waals surface area contributed by atoms with Crippen molar-refractivity contribution in [2.45, 2.75) is 32.2 Å². The standard InChI is InChI=1S/C17H19ClFN/c1-2-4-12-5-3-6-14(9-12)17(20)10-13-7-8-15(19)11-16(13)18/h3,5-9,11,17H,2,4,10,20H2,1H3. The van der Waals surface area contributed by atoms with E-state index < -0.39 is 0 Å². The van der Waals surface area contributed by atoms with Gasteiger partial charge in [0.2, 0.25) is 0 Å².